The normalized spacial score (nSPS) is 23.1. The highest BCUT2D eigenvalue weighted by atomic mass is 35.5. The van der Waals surface area contributed by atoms with Gasteiger partial charge < -0.3 is 15.2 Å². The lowest BCUT2D eigenvalue weighted by atomic mass is 9.89. The van der Waals surface area contributed by atoms with Gasteiger partial charge in [-0.15, -0.1) is 0 Å². The summed E-state index contributed by atoms with van der Waals surface area (Å²) in [6.45, 7) is 3.77. The molecule has 1 aromatic rings. The summed E-state index contributed by atoms with van der Waals surface area (Å²) >= 11 is 5.75. The van der Waals surface area contributed by atoms with Crippen LogP contribution in [0, 0.1) is 5.82 Å². The van der Waals surface area contributed by atoms with Gasteiger partial charge in [0.1, 0.15) is 5.82 Å². The Bertz CT molecular complexity index is 433. The quantitative estimate of drug-likeness (QED) is 0.892. The largest absolute Gasteiger partial charge is 0.390 e. The third-order valence-electron chi connectivity index (χ3n) is 3.29. The van der Waals surface area contributed by atoms with Crippen LogP contribution in [0.5, 0.6) is 0 Å². The molecule has 106 valence electrons. The fraction of sp³-hybridized carbons (Fsp3) is 0.571. The van der Waals surface area contributed by atoms with E-state index in [9.17, 15) is 9.50 Å². The van der Waals surface area contributed by atoms with E-state index in [1.54, 1.807) is 19.1 Å². The van der Waals surface area contributed by atoms with Gasteiger partial charge in [-0.2, -0.15) is 0 Å². The summed E-state index contributed by atoms with van der Waals surface area (Å²) in [5.41, 5.74) is -0.557. The van der Waals surface area contributed by atoms with Crippen molar-refractivity contribution in [3.63, 3.8) is 0 Å². The molecule has 0 bridgehead atoms. The molecule has 0 spiro atoms. The highest BCUT2D eigenvalue weighted by Crippen LogP contribution is 2.24. The van der Waals surface area contributed by atoms with Gasteiger partial charge in [-0.05, 0) is 25.0 Å². The molecule has 1 aliphatic heterocycles. The molecule has 0 radical (unpaired) electrons. The average molecular weight is 288 g/mol. The van der Waals surface area contributed by atoms with Crippen LogP contribution in [0.3, 0.4) is 0 Å². The molecular formula is C14H19ClFNO2. The monoisotopic (exact) mass is 287 g/mol. The van der Waals surface area contributed by atoms with Crippen LogP contribution >= 0.6 is 11.6 Å². The summed E-state index contributed by atoms with van der Waals surface area (Å²) < 4.78 is 19.2. The van der Waals surface area contributed by atoms with E-state index in [2.05, 4.69) is 5.32 Å². The summed E-state index contributed by atoms with van der Waals surface area (Å²) in [5, 5.41) is 13.8. The molecule has 2 rings (SSSR count). The standard InChI is InChI=1S/C14H19ClFNO2/c1-14(18,8-11-9-19-6-5-17-11)7-10-3-2-4-12(15)13(10)16/h2-4,11,17-18H,5-9H2,1H3. The van der Waals surface area contributed by atoms with Crippen molar-refractivity contribution in [3.8, 4) is 0 Å². The SMILES string of the molecule is CC(O)(Cc1cccc(Cl)c1F)CC1COCCN1. The van der Waals surface area contributed by atoms with E-state index in [1.165, 1.54) is 6.07 Å². The zero-order chi connectivity index (χ0) is 13.9. The van der Waals surface area contributed by atoms with Crippen molar-refractivity contribution >= 4 is 11.6 Å². The Hall–Kier alpha value is -0.680. The Labute approximate surface area is 117 Å². The van der Waals surface area contributed by atoms with Crippen molar-refractivity contribution in [2.75, 3.05) is 19.8 Å². The minimum atomic E-state index is -0.996. The number of hydrogen-bond acceptors (Lipinski definition) is 3. The third-order valence-corrected chi connectivity index (χ3v) is 3.58. The Kier molecular flexibility index (Phi) is 4.79. The van der Waals surface area contributed by atoms with E-state index in [0.29, 0.717) is 25.2 Å². The van der Waals surface area contributed by atoms with Crippen LogP contribution in [-0.4, -0.2) is 36.5 Å². The van der Waals surface area contributed by atoms with Crippen LogP contribution in [0.15, 0.2) is 18.2 Å². The highest BCUT2D eigenvalue weighted by Gasteiger charge is 2.28. The van der Waals surface area contributed by atoms with E-state index in [4.69, 9.17) is 16.3 Å². The van der Waals surface area contributed by atoms with Crippen LogP contribution in [0.2, 0.25) is 5.02 Å². The minimum absolute atomic E-state index is 0.0902. The first-order chi connectivity index (χ1) is 8.98. The second-order valence-electron chi connectivity index (χ2n) is 5.32. The summed E-state index contributed by atoms with van der Waals surface area (Å²) in [7, 11) is 0. The van der Waals surface area contributed by atoms with Gasteiger partial charge in [0.2, 0.25) is 0 Å². The van der Waals surface area contributed by atoms with Crippen molar-refractivity contribution in [2.45, 2.75) is 31.4 Å². The molecule has 0 aliphatic carbocycles. The number of rotatable bonds is 4. The number of nitrogens with one attached hydrogen (secondary N) is 1. The van der Waals surface area contributed by atoms with Gasteiger partial charge in [-0.1, -0.05) is 23.7 Å². The Morgan fingerprint density at radius 3 is 3.05 bits per heavy atom. The van der Waals surface area contributed by atoms with Crippen molar-refractivity contribution in [2.24, 2.45) is 0 Å². The molecule has 0 aromatic heterocycles. The fourth-order valence-corrected chi connectivity index (χ4v) is 2.64. The Morgan fingerprint density at radius 1 is 1.58 bits per heavy atom. The van der Waals surface area contributed by atoms with E-state index >= 15 is 0 Å². The minimum Gasteiger partial charge on any atom is -0.390 e. The number of benzene rings is 1. The summed E-state index contributed by atoms with van der Waals surface area (Å²) in [6, 6.07) is 4.95. The van der Waals surface area contributed by atoms with Crippen molar-refractivity contribution < 1.29 is 14.2 Å². The Balaban J connectivity index is 2.01. The molecule has 2 N–H and O–H groups in total. The number of hydrogen-bond donors (Lipinski definition) is 2. The molecule has 5 heteroatoms. The molecule has 19 heavy (non-hydrogen) atoms. The number of morpholine rings is 1. The second-order valence-corrected chi connectivity index (χ2v) is 5.72. The predicted molar refractivity (Wildman–Crippen MR) is 73.0 cm³/mol. The van der Waals surface area contributed by atoms with Crippen molar-refractivity contribution in [1.29, 1.82) is 0 Å². The molecule has 1 aromatic carbocycles. The lowest BCUT2D eigenvalue weighted by molar-refractivity contribution is 0.00606. The average Bonchev–Trinajstić information content (AvgIpc) is 2.35. The van der Waals surface area contributed by atoms with Gasteiger partial charge in [0, 0.05) is 19.0 Å². The van der Waals surface area contributed by atoms with E-state index in [1.807, 2.05) is 0 Å². The third kappa shape index (κ3) is 4.14. The van der Waals surface area contributed by atoms with Gasteiger partial charge in [-0.25, -0.2) is 4.39 Å². The maximum absolute atomic E-state index is 13.8. The van der Waals surface area contributed by atoms with Crippen LogP contribution in [-0.2, 0) is 11.2 Å². The number of halogens is 2. The number of aliphatic hydroxyl groups is 1. The first-order valence-corrected chi connectivity index (χ1v) is 6.82. The van der Waals surface area contributed by atoms with E-state index in [-0.39, 0.29) is 17.5 Å². The molecule has 2 unspecified atom stereocenters. The lowest BCUT2D eigenvalue weighted by Gasteiger charge is -2.31. The second kappa shape index (κ2) is 6.18. The van der Waals surface area contributed by atoms with Crippen LogP contribution in [0.25, 0.3) is 0 Å². The van der Waals surface area contributed by atoms with Crippen molar-refractivity contribution in [1.82, 2.24) is 5.32 Å². The van der Waals surface area contributed by atoms with Gasteiger partial charge in [0.05, 0.1) is 23.8 Å². The molecular weight excluding hydrogens is 269 g/mol. The predicted octanol–water partition coefficient (Wildman–Crippen LogP) is 2.15. The first kappa shape index (κ1) is 14.7. The van der Waals surface area contributed by atoms with Gasteiger partial charge in [0.25, 0.3) is 0 Å². The zero-order valence-corrected chi connectivity index (χ0v) is 11.7. The maximum Gasteiger partial charge on any atom is 0.145 e. The van der Waals surface area contributed by atoms with Crippen LogP contribution in [0.4, 0.5) is 4.39 Å². The molecule has 2 atom stereocenters. The summed E-state index contributed by atoms with van der Waals surface area (Å²) in [5.74, 6) is -0.447. The fourth-order valence-electron chi connectivity index (χ4n) is 2.45. The lowest BCUT2D eigenvalue weighted by Crippen LogP contribution is -2.46. The molecule has 1 heterocycles. The summed E-state index contributed by atoms with van der Waals surface area (Å²) in [4.78, 5) is 0. The molecule has 1 fully saturated rings. The van der Waals surface area contributed by atoms with Crippen molar-refractivity contribution in [3.05, 3.63) is 34.6 Å². The van der Waals surface area contributed by atoms with Gasteiger partial charge in [-0.3, -0.25) is 0 Å². The Morgan fingerprint density at radius 2 is 2.37 bits per heavy atom. The van der Waals surface area contributed by atoms with Gasteiger partial charge in [0.15, 0.2) is 0 Å². The zero-order valence-electron chi connectivity index (χ0n) is 11.0. The molecule has 0 saturated carbocycles. The first-order valence-electron chi connectivity index (χ1n) is 6.44. The molecule has 3 nitrogen and oxygen atoms in total. The molecule has 1 saturated heterocycles. The maximum atomic E-state index is 13.8. The smallest absolute Gasteiger partial charge is 0.145 e. The van der Waals surface area contributed by atoms with Gasteiger partial charge >= 0.3 is 0 Å². The topological polar surface area (TPSA) is 41.5 Å². The summed E-state index contributed by atoms with van der Waals surface area (Å²) in [6.07, 6.45) is 0.747. The van der Waals surface area contributed by atoms with Crippen LogP contribution in [0.1, 0.15) is 18.9 Å². The van der Waals surface area contributed by atoms with E-state index < -0.39 is 11.4 Å². The number of ether oxygens (including phenoxy) is 1. The molecule has 0 amide bonds. The highest BCUT2D eigenvalue weighted by molar-refractivity contribution is 6.30. The van der Waals surface area contributed by atoms with E-state index in [0.717, 1.165) is 6.54 Å². The van der Waals surface area contributed by atoms with Crippen LogP contribution < -0.4 is 5.32 Å². The molecule has 1 aliphatic rings.